The standard InChI is InChI=1S/C14H22N2O2S/c1-2-7-14(8-9-14)11-16-19(17,18)13-6-4-3-5-12(13)10-15/h3-6,16H,2,7-11,15H2,1H3. The Morgan fingerprint density at radius 2 is 2.00 bits per heavy atom. The van der Waals surface area contributed by atoms with Crippen LogP contribution in [-0.4, -0.2) is 15.0 Å². The number of sulfonamides is 1. The maximum Gasteiger partial charge on any atom is 0.240 e. The summed E-state index contributed by atoms with van der Waals surface area (Å²) in [5.74, 6) is 0. The first-order chi connectivity index (χ1) is 9.03. The van der Waals surface area contributed by atoms with Gasteiger partial charge in [-0.05, 0) is 36.3 Å². The molecule has 0 spiro atoms. The van der Waals surface area contributed by atoms with Gasteiger partial charge in [-0.1, -0.05) is 31.5 Å². The largest absolute Gasteiger partial charge is 0.326 e. The van der Waals surface area contributed by atoms with E-state index in [0.29, 0.717) is 17.0 Å². The smallest absolute Gasteiger partial charge is 0.240 e. The quantitative estimate of drug-likeness (QED) is 0.803. The Morgan fingerprint density at radius 1 is 1.32 bits per heavy atom. The van der Waals surface area contributed by atoms with Crippen molar-refractivity contribution >= 4 is 10.0 Å². The molecule has 0 heterocycles. The molecule has 1 aromatic rings. The molecule has 0 unspecified atom stereocenters. The minimum Gasteiger partial charge on any atom is -0.326 e. The van der Waals surface area contributed by atoms with E-state index in [9.17, 15) is 8.42 Å². The van der Waals surface area contributed by atoms with E-state index in [4.69, 9.17) is 5.73 Å². The zero-order chi connectivity index (χ0) is 13.9. The van der Waals surface area contributed by atoms with Crippen LogP contribution in [0.25, 0.3) is 0 Å². The summed E-state index contributed by atoms with van der Waals surface area (Å²) >= 11 is 0. The van der Waals surface area contributed by atoms with E-state index in [1.807, 2.05) is 0 Å². The molecule has 0 radical (unpaired) electrons. The van der Waals surface area contributed by atoms with Gasteiger partial charge in [0.1, 0.15) is 0 Å². The molecule has 1 aromatic carbocycles. The lowest BCUT2D eigenvalue weighted by Crippen LogP contribution is -2.31. The van der Waals surface area contributed by atoms with Crippen molar-refractivity contribution in [2.75, 3.05) is 6.54 Å². The third kappa shape index (κ3) is 3.35. The number of rotatable bonds is 7. The Balaban J connectivity index is 2.10. The average Bonchev–Trinajstić information content (AvgIpc) is 3.17. The van der Waals surface area contributed by atoms with Gasteiger partial charge in [-0.3, -0.25) is 0 Å². The van der Waals surface area contributed by atoms with E-state index >= 15 is 0 Å². The minimum atomic E-state index is -3.44. The van der Waals surface area contributed by atoms with Crippen molar-refractivity contribution in [3.05, 3.63) is 29.8 Å². The fourth-order valence-corrected chi connectivity index (χ4v) is 3.89. The van der Waals surface area contributed by atoms with Crippen LogP contribution in [0.1, 0.15) is 38.2 Å². The SMILES string of the molecule is CCCC1(CNS(=O)(=O)c2ccccc2CN)CC1. The van der Waals surface area contributed by atoms with E-state index < -0.39 is 10.0 Å². The van der Waals surface area contributed by atoms with Crippen LogP contribution in [-0.2, 0) is 16.6 Å². The minimum absolute atomic E-state index is 0.208. The predicted octanol–water partition coefficient (Wildman–Crippen LogP) is 2.00. The summed E-state index contributed by atoms with van der Waals surface area (Å²) in [5.41, 5.74) is 6.47. The molecule has 0 aliphatic heterocycles. The molecule has 2 rings (SSSR count). The zero-order valence-corrected chi connectivity index (χ0v) is 12.2. The van der Waals surface area contributed by atoms with Gasteiger partial charge < -0.3 is 5.73 Å². The number of nitrogens with two attached hydrogens (primary N) is 1. The molecule has 3 N–H and O–H groups in total. The summed E-state index contributed by atoms with van der Waals surface area (Å²) in [6.45, 7) is 2.91. The van der Waals surface area contributed by atoms with Crippen molar-refractivity contribution in [1.82, 2.24) is 4.72 Å². The van der Waals surface area contributed by atoms with Gasteiger partial charge in [-0.25, -0.2) is 13.1 Å². The Kier molecular flexibility index (Phi) is 4.28. The molecule has 0 atom stereocenters. The van der Waals surface area contributed by atoms with Crippen LogP contribution >= 0.6 is 0 Å². The molecule has 0 bridgehead atoms. The molecule has 106 valence electrons. The van der Waals surface area contributed by atoms with E-state index in [1.165, 1.54) is 0 Å². The number of hydrogen-bond acceptors (Lipinski definition) is 3. The van der Waals surface area contributed by atoms with Gasteiger partial charge in [0.25, 0.3) is 0 Å². The van der Waals surface area contributed by atoms with E-state index in [1.54, 1.807) is 24.3 Å². The Bertz CT molecular complexity index is 536. The van der Waals surface area contributed by atoms with Gasteiger partial charge in [0, 0.05) is 13.1 Å². The normalized spacial score (nSPS) is 17.4. The van der Waals surface area contributed by atoms with Gasteiger partial charge in [0.05, 0.1) is 4.90 Å². The van der Waals surface area contributed by atoms with Crippen LogP contribution in [0.15, 0.2) is 29.2 Å². The van der Waals surface area contributed by atoms with E-state index in [0.717, 1.165) is 25.7 Å². The summed E-state index contributed by atoms with van der Waals surface area (Å²) in [6.07, 6.45) is 4.44. The lowest BCUT2D eigenvalue weighted by molar-refractivity contribution is 0.449. The zero-order valence-electron chi connectivity index (χ0n) is 11.4. The second-order valence-corrected chi connectivity index (χ2v) is 7.12. The molecule has 1 saturated carbocycles. The van der Waals surface area contributed by atoms with Crippen LogP contribution in [0.3, 0.4) is 0 Å². The highest BCUT2D eigenvalue weighted by Crippen LogP contribution is 2.49. The van der Waals surface area contributed by atoms with Crippen LogP contribution in [0.5, 0.6) is 0 Å². The molecule has 5 heteroatoms. The van der Waals surface area contributed by atoms with E-state index in [-0.39, 0.29) is 12.0 Å². The molecular weight excluding hydrogens is 260 g/mol. The van der Waals surface area contributed by atoms with Crippen molar-refractivity contribution in [3.8, 4) is 0 Å². The molecule has 0 amide bonds. The van der Waals surface area contributed by atoms with E-state index in [2.05, 4.69) is 11.6 Å². The van der Waals surface area contributed by atoms with Crippen LogP contribution < -0.4 is 10.5 Å². The Labute approximate surface area is 115 Å². The summed E-state index contributed by atoms with van der Waals surface area (Å²) < 4.78 is 27.4. The first-order valence-electron chi connectivity index (χ1n) is 6.81. The topological polar surface area (TPSA) is 72.2 Å². The van der Waals surface area contributed by atoms with Gasteiger partial charge >= 0.3 is 0 Å². The van der Waals surface area contributed by atoms with Crippen molar-refractivity contribution in [1.29, 1.82) is 0 Å². The van der Waals surface area contributed by atoms with Crippen molar-refractivity contribution in [3.63, 3.8) is 0 Å². The van der Waals surface area contributed by atoms with Gasteiger partial charge in [0.15, 0.2) is 0 Å². The molecule has 0 saturated heterocycles. The fourth-order valence-electron chi connectivity index (χ4n) is 2.48. The molecule has 0 aromatic heterocycles. The number of nitrogens with one attached hydrogen (secondary N) is 1. The molecular formula is C14H22N2O2S. The molecule has 4 nitrogen and oxygen atoms in total. The van der Waals surface area contributed by atoms with Crippen LogP contribution in [0, 0.1) is 5.41 Å². The summed E-state index contributed by atoms with van der Waals surface area (Å²) in [7, 11) is -3.44. The Morgan fingerprint density at radius 3 is 2.58 bits per heavy atom. The predicted molar refractivity (Wildman–Crippen MR) is 76.1 cm³/mol. The summed E-state index contributed by atoms with van der Waals surface area (Å²) in [6, 6.07) is 6.91. The van der Waals surface area contributed by atoms with Gasteiger partial charge in [0.2, 0.25) is 10.0 Å². The third-order valence-corrected chi connectivity index (χ3v) is 5.36. The lowest BCUT2D eigenvalue weighted by Gasteiger charge is -2.16. The Hall–Kier alpha value is -0.910. The summed E-state index contributed by atoms with van der Waals surface area (Å²) in [5, 5.41) is 0. The first-order valence-corrected chi connectivity index (χ1v) is 8.29. The maximum atomic E-state index is 12.3. The molecule has 19 heavy (non-hydrogen) atoms. The number of benzene rings is 1. The average molecular weight is 282 g/mol. The maximum absolute atomic E-state index is 12.3. The summed E-state index contributed by atoms with van der Waals surface area (Å²) in [4.78, 5) is 0.310. The third-order valence-electron chi connectivity index (χ3n) is 3.86. The first kappa shape index (κ1) is 14.5. The highest BCUT2D eigenvalue weighted by atomic mass is 32.2. The van der Waals surface area contributed by atoms with Crippen molar-refractivity contribution < 1.29 is 8.42 Å². The van der Waals surface area contributed by atoms with Gasteiger partial charge in [-0.15, -0.1) is 0 Å². The fraction of sp³-hybridized carbons (Fsp3) is 0.571. The highest BCUT2D eigenvalue weighted by Gasteiger charge is 2.42. The number of hydrogen-bond donors (Lipinski definition) is 2. The van der Waals surface area contributed by atoms with Gasteiger partial charge in [-0.2, -0.15) is 0 Å². The second kappa shape index (κ2) is 5.61. The highest BCUT2D eigenvalue weighted by molar-refractivity contribution is 7.89. The monoisotopic (exact) mass is 282 g/mol. The second-order valence-electron chi connectivity index (χ2n) is 5.39. The lowest BCUT2D eigenvalue weighted by atomic mass is 10.0. The molecule has 1 aliphatic carbocycles. The van der Waals surface area contributed by atoms with Crippen molar-refractivity contribution in [2.45, 2.75) is 44.0 Å². The van der Waals surface area contributed by atoms with Crippen LogP contribution in [0.2, 0.25) is 0 Å². The van der Waals surface area contributed by atoms with Crippen LogP contribution in [0.4, 0.5) is 0 Å². The van der Waals surface area contributed by atoms with Crippen molar-refractivity contribution in [2.24, 2.45) is 11.1 Å². The molecule has 1 fully saturated rings. The molecule has 1 aliphatic rings.